The van der Waals surface area contributed by atoms with Crippen LogP contribution in [0.4, 0.5) is 33.0 Å². The lowest BCUT2D eigenvalue weighted by atomic mass is 10.2. The zero-order valence-corrected chi connectivity index (χ0v) is 17.5. The molecule has 31 heavy (non-hydrogen) atoms. The molecular weight excluding hydrogens is 399 g/mol. The quantitative estimate of drug-likeness (QED) is 0.603. The Bertz CT molecular complexity index is 1100. The van der Waals surface area contributed by atoms with Crippen LogP contribution in [0.2, 0.25) is 0 Å². The maximum absolute atomic E-state index is 13.6. The second-order valence-electron chi connectivity index (χ2n) is 6.85. The molecule has 0 saturated carbocycles. The van der Waals surface area contributed by atoms with Crippen LogP contribution in [-0.2, 0) is 4.79 Å². The number of anilines is 5. The van der Waals surface area contributed by atoms with Crippen molar-refractivity contribution in [2.24, 2.45) is 5.73 Å². The van der Waals surface area contributed by atoms with Gasteiger partial charge in [-0.3, -0.25) is 14.6 Å². The van der Waals surface area contributed by atoms with Crippen LogP contribution in [-0.4, -0.2) is 35.9 Å². The van der Waals surface area contributed by atoms with E-state index < -0.39 is 11.7 Å². The minimum absolute atomic E-state index is 0.0175. The normalized spacial score (nSPS) is 10.5. The van der Waals surface area contributed by atoms with Gasteiger partial charge >= 0.3 is 0 Å². The van der Waals surface area contributed by atoms with E-state index in [0.717, 1.165) is 17.6 Å². The Morgan fingerprint density at radius 2 is 1.77 bits per heavy atom. The van der Waals surface area contributed by atoms with Crippen LogP contribution in [0.25, 0.3) is 0 Å². The average Bonchev–Trinajstić information content (AvgIpc) is 2.77. The van der Waals surface area contributed by atoms with E-state index in [9.17, 15) is 14.0 Å². The second-order valence-corrected chi connectivity index (χ2v) is 6.85. The van der Waals surface area contributed by atoms with Crippen LogP contribution in [0, 0.1) is 5.82 Å². The summed E-state index contributed by atoms with van der Waals surface area (Å²) in [5, 5.41) is 3.15. The van der Waals surface area contributed by atoms with Gasteiger partial charge in [0.15, 0.2) is 0 Å². The first-order chi connectivity index (χ1) is 14.8. The number of nitrogens with one attached hydrogen (secondary N) is 1. The summed E-state index contributed by atoms with van der Waals surface area (Å²) in [5.41, 5.74) is 8.09. The second kappa shape index (κ2) is 9.21. The topological polar surface area (TPSA) is 104 Å². The molecule has 0 aliphatic rings. The molecule has 2 heterocycles. The molecule has 0 spiro atoms. The molecule has 9 heteroatoms. The zero-order chi connectivity index (χ0) is 22.5. The Morgan fingerprint density at radius 3 is 2.39 bits per heavy atom. The molecule has 0 fully saturated rings. The van der Waals surface area contributed by atoms with Gasteiger partial charge in [0, 0.05) is 50.2 Å². The molecule has 3 aromatic rings. The van der Waals surface area contributed by atoms with Gasteiger partial charge < -0.3 is 20.9 Å². The number of carbonyl (C=O) groups is 2. The van der Waals surface area contributed by atoms with Crippen LogP contribution >= 0.6 is 0 Å². The lowest BCUT2D eigenvalue weighted by molar-refractivity contribution is -0.118. The maximum Gasteiger partial charge on any atom is 0.252 e. The first-order valence-electron chi connectivity index (χ1n) is 9.58. The van der Waals surface area contributed by atoms with E-state index in [1.54, 1.807) is 30.0 Å². The number of nitrogens with two attached hydrogens (primary N) is 1. The number of pyridine rings is 2. The Morgan fingerprint density at radius 1 is 1.06 bits per heavy atom. The summed E-state index contributed by atoms with van der Waals surface area (Å²) >= 11 is 0. The van der Waals surface area contributed by atoms with E-state index in [0.29, 0.717) is 23.6 Å². The Hall–Kier alpha value is -4.01. The van der Waals surface area contributed by atoms with Gasteiger partial charge in [-0.1, -0.05) is 6.92 Å². The van der Waals surface area contributed by atoms with Gasteiger partial charge in [-0.25, -0.2) is 9.37 Å². The van der Waals surface area contributed by atoms with Gasteiger partial charge in [-0.2, -0.15) is 0 Å². The molecule has 0 radical (unpaired) electrons. The number of carbonyl (C=O) groups excluding carboxylic acids is 2. The molecule has 8 nitrogen and oxygen atoms in total. The molecule has 0 aliphatic heterocycles. The number of rotatable bonds is 7. The fourth-order valence-electron chi connectivity index (χ4n) is 3.00. The third kappa shape index (κ3) is 4.95. The van der Waals surface area contributed by atoms with Crippen molar-refractivity contribution in [3.05, 3.63) is 66.4 Å². The minimum Gasteiger partial charge on any atom is -0.365 e. The van der Waals surface area contributed by atoms with E-state index in [2.05, 4.69) is 15.3 Å². The summed E-state index contributed by atoms with van der Waals surface area (Å²) in [6, 6.07) is 10.2. The van der Waals surface area contributed by atoms with Crippen molar-refractivity contribution in [2.75, 3.05) is 29.2 Å². The smallest absolute Gasteiger partial charge is 0.252 e. The number of halogens is 1. The number of hydrogen-bond donors (Lipinski definition) is 2. The number of hydrogen-bond acceptors (Lipinski definition) is 6. The number of nitrogens with zero attached hydrogens (tertiary/aromatic N) is 4. The fourth-order valence-corrected chi connectivity index (χ4v) is 3.00. The van der Waals surface area contributed by atoms with Gasteiger partial charge in [0.25, 0.3) is 5.91 Å². The SMILES string of the molecule is CCC(=O)N(C)c1ccc(Nc2cc(N(C)c3cncc(F)c3)c(C(N)=O)cn2)cc1. The van der Waals surface area contributed by atoms with Crippen molar-refractivity contribution < 1.29 is 14.0 Å². The summed E-state index contributed by atoms with van der Waals surface area (Å²) in [6.45, 7) is 1.81. The monoisotopic (exact) mass is 422 g/mol. The van der Waals surface area contributed by atoms with Gasteiger partial charge in [-0.15, -0.1) is 0 Å². The zero-order valence-electron chi connectivity index (χ0n) is 17.5. The molecule has 2 amide bonds. The molecule has 2 aromatic heterocycles. The molecular formula is C22H23FN6O2. The predicted molar refractivity (Wildman–Crippen MR) is 118 cm³/mol. The summed E-state index contributed by atoms with van der Waals surface area (Å²) in [6.07, 6.45) is 4.37. The Labute approximate surface area is 179 Å². The lowest BCUT2D eigenvalue weighted by Gasteiger charge is -2.22. The third-order valence-electron chi connectivity index (χ3n) is 4.79. The van der Waals surface area contributed by atoms with E-state index in [1.807, 2.05) is 31.2 Å². The molecule has 0 saturated heterocycles. The molecule has 3 rings (SSSR count). The van der Waals surface area contributed by atoms with E-state index in [-0.39, 0.29) is 11.5 Å². The first-order valence-corrected chi connectivity index (χ1v) is 9.58. The van der Waals surface area contributed by atoms with Crippen LogP contribution in [0.1, 0.15) is 23.7 Å². The molecule has 0 aliphatic carbocycles. The first kappa shape index (κ1) is 21.7. The Balaban J connectivity index is 1.88. The van der Waals surface area contributed by atoms with E-state index in [1.165, 1.54) is 18.5 Å². The highest BCUT2D eigenvalue weighted by Crippen LogP contribution is 2.30. The van der Waals surface area contributed by atoms with E-state index >= 15 is 0 Å². The van der Waals surface area contributed by atoms with Crippen molar-refractivity contribution in [3.63, 3.8) is 0 Å². The molecule has 0 bridgehead atoms. The van der Waals surface area contributed by atoms with Gasteiger partial charge in [0.1, 0.15) is 11.6 Å². The van der Waals surface area contributed by atoms with Crippen molar-refractivity contribution in [1.29, 1.82) is 0 Å². The molecule has 160 valence electrons. The van der Waals surface area contributed by atoms with Gasteiger partial charge in [0.2, 0.25) is 5.91 Å². The number of aromatic nitrogens is 2. The molecule has 3 N–H and O–H groups in total. The van der Waals surface area contributed by atoms with Crippen LogP contribution in [0.3, 0.4) is 0 Å². The number of amides is 2. The third-order valence-corrected chi connectivity index (χ3v) is 4.79. The summed E-state index contributed by atoms with van der Waals surface area (Å²) in [5.74, 6) is -0.673. The van der Waals surface area contributed by atoms with E-state index in [4.69, 9.17) is 5.73 Å². The summed E-state index contributed by atoms with van der Waals surface area (Å²) in [4.78, 5) is 35.0. The van der Waals surface area contributed by atoms with Crippen molar-refractivity contribution >= 4 is 40.4 Å². The van der Waals surface area contributed by atoms with Crippen LogP contribution in [0.15, 0.2) is 55.0 Å². The number of primary amides is 1. The lowest BCUT2D eigenvalue weighted by Crippen LogP contribution is -2.24. The largest absolute Gasteiger partial charge is 0.365 e. The highest BCUT2D eigenvalue weighted by molar-refractivity contribution is 5.99. The van der Waals surface area contributed by atoms with Gasteiger partial charge in [-0.05, 0) is 24.3 Å². The predicted octanol–water partition coefficient (Wildman–Crippen LogP) is 3.60. The standard InChI is InChI=1S/C22H23FN6O2/c1-4-21(30)29(3)16-7-5-15(6-8-16)27-20-10-19(18(13-26-20)22(24)31)28(2)17-9-14(23)11-25-12-17/h5-13H,4H2,1-3H3,(H2,24,31)(H,26,27). The van der Waals surface area contributed by atoms with Crippen molar-refractivity contribution in [2.45, 2.75) is 13.3 Å². The molecule has 1 aromatic carbocycles. The Kier molecular flexibility index (Phi) is 6.44. The average molecular weight is 422 g/mol. The fraction of sp³-hybridized carbons (Fsp3) is 0.182. The summed E-state index contributed by atoms with van der Waals surface area (Å²) in [7, 11) is 3.40. The van der Waals surface area contributed by atoms with Crippen LogP contribution < -0.4 is 20.9 Å². The highest BCUT2D eigenvalue weighted by atomic mass is 19.1. The maximum atomic E-state index is 13.6. The highest BCUT2D eigenvalue weighted by Gasteiger charge is 2.16. The van der Waals surface area contributed by atoms with Crippen molar-refractivity contribution in [1.82, 2.24) is 9.97 Å². The summed E-state index contributed by atoms with van der Waals surface area (Å²) < 4.78 is 13.6. The minimum atomic E-state index is -0.654. The van der Waals surface area contributed by atoms with Gasteiger partial charge in [0.05, 0.1) is 29.3 Å². The molecule has 0 unspecified atom stereocenters. The number of benzene rings is 1. The van der Waals surface area contributed by atoms with Crippen LogP contribution in [0.5, 0.6) is 0 Å². The van der Waals surface area contributed by atoms with Crippen molar-refractivity contribution in [3.8, 4) is 0 Å². The molecule has 0 atom stereocenters.